The van der Waals surface area contributed by atoms with Gasteiger partial charge in [0.1, 0.15) is 18.2 Å². The largest absolute Gasteiger partial charge is 0.487 e. The molecule has 1 amide bonds. The molecule has 0 saturated heterocycles. The number of rotatable bonds is 9. The molecule has 0 unspecified atom stereocenters. The van der Waals surface area contributed by atoms with Crippen LogP contribution in [0, 0.1) is 13.8 Å². The average Bonchev–Trinajstić information content (AvgIpc) is 3.42. The molecule has 0 atom stereocenters. The summed E-state index contributed by atoms with van der Waals surface area (Å²) < 4.78 is 7.87. The van der Waals surface area contributed by atoms with Crippen LogP contribution in [0.4, 0.5) is 11.6 Å². The van der Waals surface area contributed by atoms with E-state index < -0.39 is 0 Å². The standard InChI is InChI=1S/C29H29N7O2/c1-19-13-26-25(9-11-30-29(26)34-21(3)37)20(2)27(19)16-31-28-14-24(15-32-35-28)38-18-23-7-5-22(6-8-23)17-36-12-4-10-33-36/h4-15H,16-18H2,1-3H3,(H,31,35)(H,30,34,37). The second-order valence-electron chi connectivity index (χ2n) is 9.17. The predicted molar refractivity (Wildman–Crippen MR) is 147 cm³/mol. The number of ether oxygens (including phenoxy) is 1. The third kappa shape index (κ3) is 5.78. The van der Waals surface area contributed by atoms with Crippen LogP contribution in [0.1, 0.15) is 34.7 Å². The first-order valence-electron chi connectivity index (χ1n) is 12.4. The Hall–Kier alpha value is -4.79. The summed E-state index contributed by atoms with van der Waals surface area (Å²) in [4.78, 5) is 15.9. The molecule has 0 fully saturated rings. The molecule has 0 aliphatic rings. The number of aromatic nitrogens is 5. The van der Waals surface area contributed by atoms with E-state index in [1.54, 1.807) is 18.6 Å². The fourth-order valence-electron chi connectivity index (χ4n) is 4.43. The summed E-state index contributed by atoms with van der Waals surface area (Å²) in [7, 11) is 0. The summed E-state index contributed by atoms with van der Waals surface area (Å²) >= 11 is 0. The number of nitrogens with zero attached hydrogens (tertiary/aromatic N) is 5. The molecule has 0 spiro atoms. The maximum atomic E-state index is 11.6. The van der Waals surface area contributed by atoms with E-state index in [-0.39, 0.29) is 5.91 Å². The van der Waals surface area contributed by atoms with Gasteiger partial charge in [0.2, 0.25) is 5.91 Å². The van der Waals surface area contributed by atoms with E-state index >= 15 is 0 Å². The number of hydrogen-bond acceptors (Lipinski definition) is 7. The SMILES string of the molecule is CC(=O)Nc1nccc2c(C)c(CNc3cc(OCc4ccc(Cn5cccn5)cc4)cnn3)c(C)cc12. The average molecular weight is 508 g/mol. The summed E-state index contributed by atoms with van der Waals surface area (Å²) in [5.74, 6) is 1.70. The lowest BCUT2D eigenvalue weighted by molar-refractivity contribution is -0.114. The molecule has 2 N–H and O–H groups in total. The maximum Gasteiger partial charge on any atom is 0.222 e. The van der Waals surface area contributed by atoms with Crippen molar-refractivity contribution in [3.05, 3.63) is 101 Å². The topological polar surface area (TPSA) is 107 Å². The first kappa shape index (κ1) is 24.9. The highest BCUT2D eigenvalue weighted by Gasteiger charge is 2.12. The Balaban J connectivity index is 1.23. The number of pyridine rings is 1. The van der Waals surface area contributed by atoms with Crippen LogP contribution < -0.4 is 15.4 Å². The molecule has 0 aliphatic carbocycles. The minimum absolute atomic E-state index is 0.144. The van der Waals surface area contributed by atoms with Crippen molar-refractivity contribution in [3.63, 3.8) is 0 Å². The molecule has 5 aromatic rings. The highest BCUT2D eigenvalue weighted by Crippen LogP contribution is 2.30. The fraction of sp³-hybridized carbons (Fsp3) is 0.207. The molecular formula is C29H29N7O2. The molecule has 0 saturated carbocycles. The number of fused-ring (bicyclic) bond motifs is 1. The molecule has 38 heavy (non-hydrogen) atoms. The number of aryl methyl sites for hydroxylation is 2. The Labute approximate surface area is 220 Å². The van der Waals surface area contributed by atoms with Crippen LogP contribution >= 0.6 is 0 Å². The molecule has 0 bridgehead atoms. The van der Waals surface area contributed by atoms with Crippen molar-refractivity contribution in [2.24, 2.45) is 0 Å². The van der Waals surface area contributed by atoms with Gasteiger partial charge in [-0.05, 0) is 65.3 Å². The summed E-state index contributed by atoms with van der Waals surface area (Å²) in [5.41, 5.74) is 5.62. The second-order valence-corrected chi connectivity index (χ2v) is 9.17. The van der Waals surface area contributed by atoms with Crippen molar-refractivity contribution >= 4 is 28.3 Å². The van der Waals surface area contributed by atoms with Gasteiger partial charge in [0.25, 0.3) is 0 Å². The quantitative estimate of drug-likeness (QED) is 0.288. The first-order valence-corrected chi connectivity index (χ1v) is 12.4. The van der Waals surface area contributed by atoms with E-state index in [0.717, 1.165) is 39.6 Å². The van der Waals surface area contributed by atoms with Gasteiger partial charge in [0, 0.05) is 43.5 Å². The minimum Gasteiger partial charge on any atom is -0.487 e. The first-order chi connectivity index (χ1) is 18.5. The van der Waals surface area contributed by atoms with Crippen molar-refractivity contribution in [3.8, 4) is 5.75 Å². The van der Waals surface area contributed by atoms with Crippen LogP contribution in [0.3, 0.4) is 0 Å². The van der Waals surface area contributed by atoms with E-state index in [1.807, 2.05) is 29.1 Å². The van der Waals surface area contributed by atoms with Crippen LogP contribution in [0.2, 0.25) is 0 Å². The normalized spacial score (nSPS) is 10.9. The third-order valence-electron chi connectivity index (χ3n) is 6.39. The minimum atomic E-state index is -0.144. The molecule has 5 rings (SSSR count). The van der Waals surface area contributed by atoms with Crippen molar-refractivity contribution in [1.29, 1.82) is 0 Å². The van der Waals surface area contributed by atoms with Crippen LogP contribution in [0.15, 0.2) is 73.3 Å². The molecule has 0 radical (unpaired) electrons. The Morgan fingerprint density at radius 2 is 1.84 bits per heavy atom. The number of benzene rings is 2. The zero-order valence-electron chi connectivity index (χ0n) is 21.6. The molecule has 9 heteroatoms. The molecule has 2 aromatic carbocycles. The van der Waals surface area contributed by atoms with Crippen molar-refractivity contribution in [2.75, 3.05) is 10.6 Å². The molecule has 0 aliphatic heterocycles. The molecule has 3 aromatic heterocycles. The molecule has 3 heterocycles. The molecule has 9 nitrogen and oxygen atoms in total. The van der Waals surface area contributed by atoms with Crippen LogP contribution in [0.25, 0.3) is 10.8 Å². The number of nitrogens with one attached hydrogen (secondary N) is 2. The lowest BCUT2D eigenvalue weighted by atomic mass is 9.96. The third-order valence-corrected chi connectivity index (χ3v) is 6.39. The van der Waals surface area contributed by atoms with Gasteiger partial charge in [-0.25, -0.2) is 4.98 Å². The second kappa shape index (κ2) is 11.1. The predicted octanol–water partition coefficient (Wildman–Crippen LogP) is 5.04. The lowest BCUT2D eigenvalue weighted by Gasteiger charge is -2.16. The van der Waals surface area contributed by atoms with Gasteiger partial charge in [0.15, 0.2) is 5.82 Å². The number of carbonyl (C=O) groups is 1. The van der Waals surface area contributed by atoms with Gasteiger partial charge in [-0.2, -0.15) is 10.2 Å². The van der Waals surface area contributed by atoms with Crippen LogP contribution in [0.5, 0.6) is 5.75 Å². The number of anilines is 2. The molecular weight excluding hydrogens is 478 g/mol. The van der Waals surface area contributed by atoms with Gasteiger partial charge in [0.05, 0.1) is 12.7 Å². The van der Waals surface area contributed by atoms with E-state index in [2.05, 4.69) is 75.1 Å². The fourth-order valence-corrected chi connectivity index (χ4v) is 4.43. The Bertz CT molecular complexity index is 1560. The van der Waals surface area contributed by atoms with Gasteiger partial charge < -0.3 is 15.4 Å². The number of carbonyl (C=O) groups excluding carboxylic acids is 1. The van der Waals surface area contributed by atoms with Crippen molar-refractivity contribution in [1.82, 2.24) is 25.0 Å². The Morgan fingerprint density at radius 1 is 1.03 bits per heavy atom. The number of hydrogen-bond donors (Lipinski definition) is 2. The van der Waals surface area contributed by atoms with Gasteiger partial charge in [-0.1, -0.05) is 24.3 Å². The summed E-state index contributed by atoms with van der Waals surface area (Å²) in [5, 5.41) is 20.7. The lowest BCUT2D eigenvalue weighted by Crippen LogP contribution is -2.09. The van der Waals surface area contributed by atoms with Crippen molar-refractivity contribution < 1.29 is 9.53 Å². The van der Waals surface area contributed by atoms with Crippen LogP contribution in [-0.2, 0) is 24.5 Å². The zero-order valence-corrected chi connectivity index (χ0v) is 21.6. The smallest absolute Gasteiger partial charge is 0.222 e. The van der Waals surface area contributed by atoms with Crippen molar-refractivity contribution in [2.45, 2.75) is 40.5 Å². The zero-order chi connectivity index (χ0) is 26.5. The Kier molecular flexibility index (Phi) is 7.26. The van der Waals surface area contributed by atoms with Gasteiger partial charge in [-0.3, -0.25) is 9.48 Å². The van der Waals surface area contributed by atoms with Gasteiger partial charge >= 0.3 is 0 Å². The highest BCUT2D eigenvalue weighted by atomic mass is 16.5. The summed E-state index contributed by atoms with van der Waals surface area (Å²) in [6.07, 6.45) is 7.05. The summed E-state index contributed by atoms with van der Waals surface area (Å²) in [6.45, 7) is 7.36. The van der Waals surface area contributed by atoms with E-state index in [9.17, 15) is 4.79 Å². The van der Waals surface area contributed by atoms with E-state index in [4.69, 9.17) is 4.74 Å². The van der Waals surface area contributed by atoms with E-state index in [0.29, 0.717) is 30.5 Å². The summed E-state index contributed by atoms with van der Waals surface area (Å²) in [6, 6.07) is 16.1. The highest BCUT2D eigenvalue weighted by molar-refractivity contribution is 6.01. The van der Waals surface area contributed by atoms with E-state index in [1.165, 1.54) is 12.5 Å². The van der Waals surface area contributed by atoms with Crippen LogP contribution in [-0.4, -0.2) is 30.9 Å². The molecule has 192 valence electrons. The Morgan fingerprint density at radius 3 is 2.61 bits per heavy atom. The maximum absolute atomic E-state index is 11.6. The monoisotopic (exact) mass is 507 g/mol. The number of amides is 1. The van der Waals surface area contributed by atoms with Gasteiger partial charge in [-0.15, -0.1) is 5.10 Å².